The molecule has 2 rings (SSSR count). The number of benzene rings is 1. The van der Waals surface area contributed by atoms with E-state index in [2.05, 4.69) is 22.4 Å². The Kier molecular flexibility index (Phi) is 5.30. The minimum absolute atomic E-state index is 0.0298. The van der Waals surface area contributed by atoms with Gasteiger partial charge in [-0.1, -0.05) is 30.3 Å². The Labute approximate surface area is 120 Å². The summed E-state index contributed by atoms with van der Waals surface area (Å²) in [7, 11) is 0. The molecule has 3 heteroatoms. The zero-order valence-electron chi connectivity index (χ0n) is 11.8. The normalized spacial score (nSPS) is 11.8. The third kappa shape index (κ3) is 4.50. The smallest absolute Gasteiger partial charge is 0.220 e. The number of nitrogens with one attached hydrogen (secondary N) is 1. The molecular formula is C17H20N2O. The fourth-order valence-electron chi connectivity index (χ4n) is 2.15. The van der Waals surface area contributed by atoms with Gasteiger partial charge in [0.2, 0.25) is 5.91 Å². The van der Waals surface area contributed by atoms with Crippen LogP contribution in [-0.4, -0.2) is 10.9 Å². The maximum absolute atomic E-state index is 11.9. The number of nitrogens with zero attached hydrogens (tertiary/aromatic N) is 1. The molecule has 1 N–H and O–H groups in total. The number of aryl methyl sites for hydroxylation is 1. The number of carbonyl (C=O) groups excluding carboxylic acids is 1. The van der Waals surface area contributed by atoms with E-state index in [4.69, 9.17) is 0 Å². The van der Waals surface area contributed by atoms with Crippen LogP contribution in [-0.2, 0) is 11.2 Å². The lowest BCUT2D eigenvalue weighted by Crippen LogP contribution is -2.26. The van der Waals surface area contributed by atoms with Crippen LogP contribution in [0.3, 0.4) is 0 Å². The van der Waals surface area contributed by atoms with Crippen LogP contribution in [0.5, 0.6) is 0 Å². The molecule has 2 aromatic rings. The lowest BCUT2D eigenvalue weighted by Gasteiger charge is -2.14. The van der Waals surface area contributed by atoms with Gasteiger partial charge in [-0.2, -0.15) is 0 Å². The third-order valence-electron chi connectivity index (χ3n) is 3.30. The Morgan fingerprint density at radius 2 is 1.85 bits per heavy atom. The van der Waals surface area contributed by atoms with Crippen molar-refractivity contribution in [1.82, 2.24) is 10.3 Å². The Balaban J connectivity index is 1.73. The van der Waals surface area contributed by atoms with Crippen molar-refractivity contribution in [3.63, 3.8) is 0 Å². The van der Waals surface area contributed by atoms with E-state index in [1.54, 1.807) is 12.4 Å². The second-order valence-corrected chi connectivity index (χ2v) is 4.91. The average Bonchev–Trinajstić information content (AvgIpc) is 2.49. The van der Waals surface area contributed by atoms with Crippen LogP contribution >= 0.6 is 0 Å². The van der Waals surface area contributed by atoms with E-state index in [0.717, 1.165) is 18.4 Å². The van der Waals surface area contributed by atoms with E-state index >= 15 is 0 Å². The van der Waals surface area contributed by atoms with Gasteiger partial charge < -0.3 is 5.32 Å². The summed E-state index contributed by atoms with van der Waals surface area (Å²) < 4.78 is 0. The monoisotopic (exact) mass is 268 g/mol. The molecule has 1 heterocycles. The summed E-state index contributed by atoms with van der Waals surface area (Å²) in [6.07, 6.45) is 5.86. The summed E-state index contributed by atoms with van der Waals surface area (Å²) >= 11 is 0. The molecule has 0 aliphatic rings. The molecule has 0 bridgehead atoms. The molecule has 104 valence electrons. The molecule has 0 fully saturated rings. The Morgan fingerprint density at radius 1 is 1.15 bits per heavy atom. The number of carbonyl (C=O) groups is 1. The van der Waals surface area contributed by atoms with Crippen LogP contribution in [0.15, 0.2) is 54.9 Å². The second-order valence-electron chi connectivity index (χ2n) is 4.91. The summed E-state index contributed by atoms with van der Waals surface area (Å²) in [5.41, 5.74) is 2.36. The van der Waals surface area contributed by atoms with Crippen LogP contribution in [0, 0.1) is 0 Å². The molecule has 0 saturated carbocycles. The minimum Gasteiger partial charge on any atom is -0.350 e. The summed E-state index contributed by atoms with van der Waals surface area (Å²) in [5.74, 6) is 0.102. The van der Waals surface area contributed by atoms with Crippen molar-refractivity contribution in [1.29, 1.82) is 0 Å². The average molecular weight is 268 g/mol. The SMILES string of the molecule is C[C@H](NC(=O)CCCc1ccccc1)c1ccncc1. The molecule has 3 nitrogen and oxygen atoms in total. The second kappa shape index (κ2) is 7.43. The van der Waals surface area contributed by atoms with Crippen LogP contribution in [0.4, 0.5) is 0 Å². The molecule has 0 aliphatic heterocycles. The van der Waals surface area contributed by atoms with Crippen molar-refractivity contribution >= 4 is 5.91 Å². The molecule has 0 radical (unpaired) electrons. The zero-order chi connectivity index (χ0) is 14.2. The van der Waals surface area contributed by atoms with Gasteiger partial charge in [0.15, 0.2) is 0 Å². The fraction of sp³-hybridized carbons (Fsp3) is 0.294. The van der Waals surface area contributed by atoms with Crippen molar-refractivity contribution in [3.8, 4) is 0 Å². The highest BCUT2D eigenvalue weighted by Crippen LogP contribution is 2.11. The zero-order valence-corrected chi connectivity index (χ0v) is 11.8. The summed E-state index contributed by atoms with van der Waals surface area (Å²) in [6.45, 7) is 1.99. The van der Waals surface area contributed by atoms with Gasteiger partial charge in [0.25, 0.3) is 0 Å². The highest BCUT2D eigenvalue weighted by Gasteiger charge is 2.08. The molecular weight excluding hydrogens is 248 g/mol. The molecule has 1 amide bonds. The first-order chi connectivity index (χ1) is 9.75. The van der Waals surface area contributed by atoms with E-state index in [1.165, 1.54) is 5.56 Å². The van der Waals surface area contributed by atoms with E-state index in [9.17, 15) is 4.79 Å². The highest BCUT2D eigenvalue weighted by atomic mass is 16.1. The van der Waals surface area contributed by atoms with Gasteiger partial charge in [-0.05, 0) is 43.0 Å². The molecule has 1 aromatic carbocycles. The van der Waals surface area contributed by atoms with Gasteiger partial charge in [0, 0.05) is 18.8 Å². The fourth-order valence-corrected chi connectivity index (χ4v) is 2.15. The molecule has 0 unspecified atom stereocenters. The van der Waals surface area contributed by atoms with E-state index < -0.39 is 0 Å². The van der Waals surface area contributed by atoms with Crippen LogP contribution in [0.2, 0.25) is 0 Å². The standard InChI is InChI=1S/C17H20N2O/c1-14(16-10-12-18-13-11-16)19-17(20)9-5-8-15-6-3-2-4-7-15/h2-4,6-7,10-14H,5,8-9H2,1H3,(H,19,20)/t14-/m0/s1. The Bertz CT molecular complexity index is 525. The van der Waals surface area contributed by atoms with Gasteiger partial charge in [0.1, 0.15) is 0 Å². The predicted octanol–water partition coefficient (Wildman–Crippen LogP) is 3.28. The maximum Gasteiger partial charge on any atom is 0.220 e. The number of rotatable bonds is 6. The van der Waals surface area contributed by atoms with Crippen LogP contribution < -0.4 is 5.32 Å². The Morgan fingerprint density at radius 3 is 2.55 bits per heavy atom. The Hall–Kier alpha value is -2.16. The molecule has 1 aromatic heterocycles. The van der Waals surface area contributed by atoms with E-state index in [0.29, 0.717) is 6.42 Å². The lowest BCUT2D eigenvalue weighted by molar-refractivity contribution is -0.121. The van der Waals surface area contributed by atoms with Gasteiger partial charge in [0.05, 0.1) is 6.04 Å². The van der Waals surface area contributed by atoms with Crippen molar-refractivity contribution in [2.24, 2.45) is 0 Å². The van der Waals surface area contributed by atoms with Crippen molar-refractivity contribution in [3.05, 3.63) is 66.0 Å². The summed E-state index contributed by atoms with van der Waals surface area (Å²) in [4.78, 5) is 15.9. The van der Waals surface area contributed by atoms with Crippen molar-refractivity contribution in [2.45, 2.75) is 32.2 Å². The number of amides is 1. The molecule has 0 spiro atoms. The molecule has 0 saturated heterocycles. The number of pyridine rings is 1. The molecule has 1 atom stereocenters. The summed E-state index contributed by atoms with van der Waals surface area (Å²) in [6, 6.07) is 14.1. The first-order valence-corrected chi connectivity index (χ1v) is 6.99. The van der Waals surface area contributed by atoms with E-state index in [1.807, 2.05) is 37.3 Å². The largest absolute Gasteiger partial charge is 0.350 e. The number of hydrogen-bond acceptors (Lipinski definition) is 2. The number of hydrogen-bond donors (Lipinski definition) is 1. The quantitative estimate of drug-likeness (QED) is 0.873. The lowest BCUT2D eigenvalue weighted by atomic mass is 10.1. The van der Waals surface area contributed by atoms with Crippen molar-refractivity contribution < 1.29 is 4.79 Å². The molecule has 0 aliphatic carbocycles. The van der Waals surface area contributed by atoms with Crippen molar-refractivity contribution in [2.75, 3.05) is 0 Å². The van der Waals surface area contributed by atoms with Gasteiger partial charge in [-0.15, -0.1) is 0 Å². The first kappa shape index (κ1) is 14.3. The predicted molar refractivity (Wildman–Crippen MR) is 80.2 cm³/mol. The summed E-state index contributed by atoms with van der Waals surface area (Å²) in [5, 5.41) is 3.02. The van der Waals surface area contributed by atoms with Gasteiger partial charge in [-0.25, -0.2) is 0 Å². The molecule has 20 heavy (non-hydrogen) atoms. The van der Waals surface area contributed by atoms with Gasteiger partial charge in [-0.3, -0.25) is 9.78 Å². The van der Waals surface area contributed by atoms with Crippen LogP contribution in [0.25, 0.3) is 0 Å². The first-order valence-electron chi connectivity index (χ1n) is 6.99. The van der Waals surface area contributed by atoms with E-state index in [-0.39, 0.29) is 11.9 Å². The highest BCUT2D eigenvalue weighted by molar-refractivity contribution is 5.76. The maximum atomic E-state index is 11.9. The number of aromatic nitrogens is 1. The topological polar surface area (TPSA) is 42.0 Å². The minimum atomic E-state index is 0.0298. The van der Waals surface area contributed by atoms with Gasteiger partial charge >= 0.3 is 0 Å². The van der Waals surface area contributed by atoms with Crippen LogP contribution in [0.1, 0.15) is 36.9 Å². The third-order valence-corrected chi connectivity index (χ3v) is 3.30.